The van der Waals surface area contributed by atoms with E-state index in [-0.39, 0.29) is 0 Å². The third-order valence-corrected chi connectivity index (χ3v) is 2.67. The lowest BCUT2D eigenvalue weighted by atomic mass is 10.0. The zero-order valence-corrected chi connectivity index (χ0v) is 9.86. The number of rotatable bonds is 4. The Balaban J connectivity index is 2.37. The van der Waals surface area contributed by atoms with E-state index in [1.807, 2.05) is 19.2 Å². The molecule has 0 spiro atoms. The fourth-order valence-corrected chi connectivity index (χ4v) is 1.94. The van der Waals surface area contributed by atoms with Crippen LogP contribution in [0, 0.1) is 6.92 Å². The van der Waals surface area contributed by atoms with Crippen LogP contribution in [0.15, 0.2) is 30.5 Å². The van der Waals surface area contributed by atoms with Crippen molar-refractivity contribution in [3.05, 3.63) is 41.7 Å². The SMILES string of the molecule is CCCOCc1cccc2ccnc(C)c12. The van der Waals surface area contributed by atoms with Crippen LogP contribution in [0.4, 0.5) is 0 Å². The van der Waals surface area contributed by atoms with E-state index in [9.17, 15) is 0 Å². The van der Waals surface area contributed by atoms with Gasteiger partial charge in [0.05, 0.1) is 6.61 Å². The number of nitrogens with zero attached hydrogens (tertiary/aromatic N) is 1. The summed E-state index contributed by atoms with van der Waals surface area (Å²) in [5.41, 5.74) is 2.31. The number of benzene rings is 1. The van der Waals surface area contributed by atoms with Gasteiger partial charge in [-0.15, -0.1) is 0 Å². The highest BCUT2D eigenvalue weighted by molar-refractivity contribution is 5.87. The molecule has 0 N–H and O–H groups in total. The molecule has 0 amide bonds. The highest BCUT2D eigenvalue weighted by Gasteiger charge is 2.04. The molecule has 0 aliphatic heterocycles. The van der Waals surface area contributed by atoms with E-state index >= 15 is 0 Å². The molecule has 0 radical (unpaired) electrons. The Morgan fingerprint density at radius 2 is 2.12 bits per heavy atom. The first-order chi connectivity index (χ1) is 7.83. The first-order valence-corrected chi connectivity index (χ1v) is 5.74. The van der Waals surface area contributed by atoms with Crippen molar-refractivity contribution >= 4 is 10.8 Å². The lowest BCUT2D eigenvalue weighted by molar-refractivity contribution is 0.122. The Morgan fingerprint density at radius 3 is 2.94 bits per heavy atom. The van der Waals surface area contributed by atoms with E-state index in [0.717, 1.165) is 18.7 Å². The molecule has 0 unspecified atom stereocenters. The van der Waals surface area contributed by atoms with Gasteiger partial charge in [0.2, 0.25) is 0 Å². The summed E-state index contributed by atoms with van der Waals surface area (Å²) in [5, 5.41) is 2.48. The first kappa shape index (κ1) is 11.1. The largest absolute Gasteiger partial charge is 0.377 e. The van der Waals surface area contributed by atoms with Gasteiger partial charge >= 0.3 is 0 Å². The predicted molar refractivity (Wildman–Crippen MR) is 66.4 cm³/mol. The van der Waals surface area contributed by atoms with Crippen LogP contribution >= 0.6 is 0 Å². The predicted octanol–water partition coefficient (Wildman–Crippen LogP) is 3.47. The normalized spacial score (nSPS) is 10.9. The maximum atomic E-state index is 5.60. The summed E-state index contributed by atoms with van der Waals surface area (Å²) in [6.07, 6.45) is 2.91. The minimum Gasteiger partial charge on any atom is -0.377 e. The van der Waals surface area contributed by atoms with Crippen molar-refractivity contribution in [2.24, 2.45) is 0 Å². The second-order valence-corrected chi connectivity index (χ2v) is 3.96. The van der Waals surface area contributed by atoms with Crippen LogP contribution in [-0.2, 0) is 11.3 Å². The van der Waals surface area contributed by atoms with Gasteiger partial charge in [-0.2, -0.15) is 0 Å². The summed E-state index contributed by atoms with van der Waals surface area (Å²) in [6, 6.07) is 8.36. The van der Waals surface area contributed by atoms with E-state index in [0.29, 0.717) is 6.61 Å². The van der Waals surface area contributed by atoms with Crippen LogP contribution in [-0.4, -0.2) is 11.6 Å². The molecule has 1 aromatic heterocycles. The Labute approximate surface area is 96.3 Å². The molecule has 0 atom stereocenters. The van der Waals surface area contributed by atoms with Crippen molar-refractivity contribution < 1.29 is 4.74 Å². The smallest absolute Gasteiger partial charge is 0.0723 e. The van der Waals surface area contributed by atoms with Gasteiger partial charge in [-0.25, -0.2) is 0 Å². The minimum atomic E-state index is 0.678. The zero-order chi connectivity index (χ0) is 11.4. The Morgan fingerprint density at radius 1 is 1.25 bits per heavy atom. The number of hydrogen-bond donors (Lipinski definition) is 0. The molecule has 2 nitrogen and oxygen atoms in total. The summed E-state index contributed by atoms with van der Waals surface area (Å²) in [7, 11) is 0. The summed E-state index contributed by atoms with van der Waals surface area (Å²) in [5.74, 6) is 0. The van der Waals surface area contributed by atoms with Crippen LogP contribution in [0.3, 0.4) is 0 Å². The average molecular weight is 215 g/mol. The molecular weight excluding hydrogens is 198 g/mol. The molecule has 16 heavy (non-hydrogen) atoms. The molecular formula is C14H17NO. The van der Waals surface area contributed by atoms with Gasteiger partial charge in [0.15, 0.2) is 0 Å². The number of aryl methyl sites for hydroxylation is 1. The van der Waals surface area contributed by atoms with Gasteiger partial charge in [-0.05, 0) is 30.4 Å². The van der Waals surface area contributed by atoms with E-state index < -0.39 is 0 Å². The van der Waals surface area contributed by atoms with Crippen LogP contribution in [0.25, 0.3) is 10.8 Å². The Kier molecular flexibility index (Phi) is 3.52. The van der Waals surface area contributed by atoms with E-state index in [1.165, 1.54) is 16.3 Å². The third kappa shape index (κ3) is 2.22. The van der Waals surface area contributed by atoms with Crippen molar-refractivity contribution in [3.63, 3.8) is 0 Å². The molecule has 0 saturated carbocycles. The molecule has 2 aromatic rings. The van der Waals surface area contributed by atoms with Gasteiger partial charge in [0.25, 0.3) is 0 Å². The molecule has 2 rings (SSSR count). The van der Waals surface area contributed by atoms with Crippen molar-refractivity contribution in [2.45, 2.75) is 26.9 Å². The van der Waals surface area contributed by atoms with E-state index in [1.54, 1.807) is 0 Å². The average Bonchev–Trinajstić information content (AvgIpc) is 2.30. The molecule has 0 bridgehead atoms. The fourth-order valence-electron chi connectivity index (χ4n) is 1.94. The molecule has 84 valence electrons. The number of ether oxygens (including phenoxy) is 1. The molecule has 1 heterocycles. The minimum absolute atomic E-state index is 0.678. The van der Waals surface area contributed by atoms with Gasteiger partial charge in [0, 0.05) is 23.9 Å². The summed E-state index contributed by atoms with van der Waals surface area (Å²) >= 11 is 0. The van der Waals surface area contributed by atoms with Crippen LogP contribution in [0.1, 0.15) is 24.6 Å². The molecule has 0 aliphatic carbocycles. The van der Waals surface area contributed by atoms with Gasteiger partial charge in [0.1, 0.15) is 0 Å². The summed E-state index contributed by atoms with van der Waals surface area (Å²) in [4.78, 5) is 4.34. The molecule has 2 heteroatoms. The number of fused-ring (bicyclic) bond motifs is 1. The lowest BCUT2D eigenvalue weighted by Crippen LogP contribution is -1.96. The quantitative estimate of drug-likeness (QED) is 0.728. The topological polar surface area (TPSA) is 22.1 Å². The van der Waals surface area contributed by atoms with Crippen LogP contribution in [0.2, 0.25) is 0 Å². The lowest BCUT2D eigenvalue weighted by Gasteiger charge is -2.08. The van der Waals surface area contributed by atoms with Crippen molar-refractivity contribution in [3.8, 4) is 0 Å². The number of aromatic nitrogens is 1. The van der Waals surface area contributed by atoms with E-state index in [4.69, 9.17) is 4.74 Å². The maximum Gasteiger partial charge on any atom is 0.0723 e. The zero-order valence-electron chi connectivity index (χ0n) is 9.86. The van der Waals surface area contributed by atoms with Crippen LogP contribution in [0.5, 0.6) is 0 Å². The number of hydrogen-bond acceptors (Lipinski definition) is 2. The highest BCUT2D eigenvalue weighted by atomic mass is 16.5. The molecule has 0 saturated heterocycles. The molecule has 1 aromatic carbocycles. The fraction of sp³-hybridized carbons (Fsp3) is 0.357. The highest BCUT2D eigenvalue weighted by Crippen LogP contribution is 2.21. The molecule has 0 fully saturated rings. The van der Waals surface area contributed by atoms with Crippen molar-refractivity contribution in [1.82, 2.24) is 4.98 Å². The Hall–Kier alpha value is -1.41. The Bertz CT molecular complexity index is 474. The van der Waals surface area contributed by atoms with Gasteiger partial charge in [-0.1, -0.05) is 25.1 Å². The standard InChI is InChI=1S/C14H17NO/c1-3-9-16-10-13-6-4-5-12-7-8-15-11(2)14(12)13/h4-8H,3,9-10H2,1-2H3. The number of pyridine rings is 1. The first-order valence-electron chi connectivity index (χ1n) is 5.74. The summed E-state index contributed by atoms with van der Waals surface area (Å²) in [6.45, 7) is 5.66. The van der Waals surface area contributed by atoms with Crippen LogP contribution < -0.4 is 0 Å². The second-order valence-electron chi connectivity index (χ2n) is 3.96. The van der Waals surface area contributed by atoms with Gasteiger partial charge < -0.3 is 4.74 Å². The van der Waals surface area contributed by atoms with Crippen molar-refractivity contribution in [2.75, 3.05) is 6.61 Å². The van der Waals surface area contributed by atoms with E-state index in [2.05, 4.69) is 30.1 Å². The third-order valence-electron chi connectivity index (χ3n) is 2.67. The maximum absolute atomic E-state index is 5.60. The molecule has 0 aliphatic rings. The summed E-state index contributed by atoms with van der Waals surface area (Å²) < 4.78 is 5.60. The monoisotopic (exact) mass is 215 g/mol. The van der Waals surface area contributed by atoms with Gasteiger partial charge in [-0.3, -0.25) is 4.98 Å². The van der Waals surface area contributed by atoms with Crippen molar-refractivity contribution in [1.29, 1.82) is 0 Å². The second kappa shape index (κ2) is 5.08.